The first-order valence-corrected chi connectivity index (χ1v) is 8.77. The summed E-state index contributed by atoms with van der Waals surface area (Å²) in [7, 11) is 1.66. The van der Waals surface area contributed by atoms with E-state index in [0.717, 1.165) is 18.6 Å². The van der Waals surface area contributed by atoms with Crippen molar-refractivity contribution in [2.75, 3.05) is 26.9 Å². The first-order chi connectivity index (χ1) is 12.1. The smallest absolute Gasteiger partial charge is 0.252 e. The largest absolute Gasteiger partial charge is 0.497 e. The van der Waals surface area contributed by atoms with E-state index < -0.39 is 0 Å². The van der Waals surface area contributed by atoms with E-state index in [2.05, 4.69) is 17.4 Å². The molecule has 0 aliphatic carbocycles. The molecule has 4 nitrogen and oxygen atoms in total. The number of rotatable bonds is 5. The molecule has 0 spiro atoms. The molecular formula is C20H22ClNO3. The quantitative estimate of drug-likeness (QED) is 0.882. The highest BCUT2D eigenvalue weighted by Crippen LogP contribution is 2.35. The van der Waals surface area contributed by atoms with Gasteiger partial charge >= 0.3 is 0 Å². The second kappa shape index (κ2) is 7.89. The van der Waals surface area contributed by atoms with Crippen LogP contribution in [0.25, 0.3) is 0 Å². The molecule has 0 unspecified atom stereocenters. The van der Waals surface area contributed by atoms with Crippen molar-refractivity contribution in [1.82, 2.24) is 5.32 Å². The van der Waals surface area contributed by atoms with E-state index >= 15 is 0 Å². The van der Waals surface area contributed by atoms with Crippen molar-refractivity contribution >= 4 is 17.5 Å². The fourth-order valence-corrected chi connectivity index (χ4v) is 3.49. The number of methoxy groups -OCH3 is 1. The predicted octanol–water partition coefficient (Wildman–Crippen LogP) is 3.83. The molecule has 1 aliphatic rings. The minimum absolute atomic E-state index is 0.137. The molecule has 1 aliphatic heterocycles. The summed E-state index contributed by atoms with van der Waals surface area (Å²) in [5.74, 6) is 0.677. The van der Waals surface area contributed by atoms with E-state index in [1.165, 1.54) is 5.56 Å². The maximum absolute atomic E-state index is 12.5. The summed E-state index contributed by atoms with van der Waals surface area (Å²) in [6.45, 7) is 1.93. The fraction of sp³-hybridized carbons (Fsp3) is 0.350. The number of ether oxygens (including phenoxy) is 2. The van der Waals surface area contributed by atoms with Gasteiger partial charge in [-0.1, -0.05) is 35.9 Å². The Morgan fingerprint density at radius 3 is 2.48 bits per heavy atom. The predicted molar refractivity (Wildman–Crippen MR) is 98.5 cm³/mol. The number of hydrogen-bond acceptors (Lipinski definition) is 3. The van der Waals surface area contributed by atoms with Gasteiger partial charge in [-0.15, -0.1) is 0 Å². The molecule has 0 atom stereocenters. The Balaban J connectivity index is 1.79. The van der Waals surface area contributed by atoms with Crippen molar-refractivity contribution in [3.05, 3.63) is 64.7 Å². The zero-order valence-electron chi connectivity index (χ0n) is 14.3. The lowest BCUT2D eigenvalue weighted by Crippen LogP contribution is -2.44. The Labute approximate surface area is 153 Å². The number of nitrogens with one attached hydrogen (secondary N) is 1. The summed E-state index contributed by atoms with van der Waals surface area (Å²) in [6.07, 6.45) is 1.73. The summed E-state index contributed by atoms with van der Waals surface area (Å²) in [5.41, 5.74) is 1.55. The molecule has 1 fully saturated rings. The lowest BCUT2D eigenvalue weighted by atomic mass is 9.74. The van der Waals surface area contributed by atoms with Crippen molar-refractivity contribution in [3.63, 3.8) is 0 Å². The van der Waals surface area contributed by atoms with Gasteiger partial charge in [-0.3, -0.25) is 4.79 Å². The van der Waals surface area contributed by atoms with Gasteiger partial charge in [-0.05, 0) is 42.7 Å². The Kier molecular flexibility index (Phi) is 5.61. The highest BCUT2D eigenvalue weighted by molar-refractivity contribution is 6.33. The third-order valence-electron chi connectivity index (χ3n) is 4.86. The molecule has 1 N–H and O–H groups in total. The summed E-state index contributed by atoms with van der Waals surface area (Å²) >= 11 is 6.13. The van der Waals surface area contributed by atoms with Gasteiger partial charge in [-0.25, -0.2) is 0 Å². The minimum Gasteiger partial charge on any atom is -0.497 e. The third-order valence-corrected chi connectivity index (χ3v) is 5.19. The molecule has 3 rings (SSSR count). The van der Waals surface area contributed by atoms with E-state index in [1.807, 2.05) is 24.3 Å². The molecule has 0 radical (unpaired) electrons. The van der Waals surface area contributed by atoms with E-state index in [0.29, 0.717) is 30.3 Å². The number of benzene rings is 2. The Morgan fingerprint density at radius 1 is 1.16 bits per heavy atom. The number of amides is 1. The first-order valence-electron chi connectivity index (χ1n) is 8.40. The van der Waals surface area contributed by atoms with Gasteiger partial charge < -0.3 is 14.8 Å². The lowest BCUT2D eigenvalue weighted by molar-refractivity contribution is 0.0487. The van der Waals surface area contributed by atoms with Crippen LogP contribution in [0.3, 0.4) is 0 Å². The molecule has 2 aromatic carbocycles. The van der Waals surface area contributed by atoms with Gasteiger partial charge in [0, 0.05) is 25.2 Å². The molecule has 1 saturated heterocycles. The molecule has 0 saturated carbocycles. The fourth-order valence-electron chi connectivity index (χ4n) is 3.26. The van der Waals surface area contributed by atoms with Gasteiger partial charge in [0.1, 0.15) is 5.75 Å². The van der Waals surface area contributed by atoms with Crippen LogP contribution in [0.15, 0.2) is 48.5 Å². The molecule has 2 aromatic rings. The Hall–Kier alpha value is -2.04. The van der Waals surface area contributed by atoms with Crippen LogP contribution in [0.5, 0.6) is 5.75 Å². The van der Waals surface area contributed by atoms with E-state index in [1.54, 1.807) is 19.2 Å². The maximum atomic E-state index is 12.5. The minimum atomic E-state index is -0.148. The van der Waals surface area contributed by atoms with Crippen LogP contribution in [0.2, 0.25) is 5.02 Å². The van der Waals surface area contributed by atoms with Gasteiger partial charge in [0.25, 0.3) is 5.91 Å². The van der Waals surface area contributed by atoms with Crippen molar-refractivity contribution in [3.8, 4) is 5.75 Å². The van der Waals surface area contributed by atoms with Gasteiger partial charge in [0.2, 0.25) is 0 Å². The normalized spacial score (nSPS) is 16.2. The first kappa shape index (κ1) is 17.8. The van der Waals surface area contributed by atoms with Crippen molar-refractivity contribution < 1.29 is 14.3 Å². The SMILES string of the molecule is COc1ccc(C2(CNC(=O)c3ccccc3Cl)CCOCC2)cc1. The third kappa shape index (κ3) is 3.97. The maximum Gasteiger partial charge on any atom is 0.252 e. The number of carbonyl (C=O) groups is 1. The lowest BCUT2D eigenvalue weighted by Gasteiger charge is -2.38. The van der Waals surface area contributed by atoms with Gasteiger partial charge in [-0.2, -0.15) is 0 Å². The molecule has 5 heteroatoms. The van der Waals surface area contributed by atoms with Crippen LogP contribution in [0, 0.1) is 0 Å². The van der Waals surface area contributed by atoms with Gasteiger partial charge in [0.05, 0.1) is 17.7 Å². The van der Waals surface area contributed by atoms with E-state index in [-0.39, 0.29) is 11.3 Å². The standard InChI is InChI=1S/C20H22ClNO3/c1-24-16-8-6-15(7-9-16)20(10-12-25-13-11-20)14-22-19(23)17-4-2-3-5-18(17)21/h2-9H,10-14H2,1H3,(H,22,23). The highest BCUT2D eigenvalue weighted by Gasteiger charge is 2.35. The van der Waals surface area contributed by atoms with Crippen LogP contribution < -0.4 is 10.1 Å². The molecule has 1 heterocycles. The Morgan fingerprint density at radius 2 is 1.84 bits per heavy atom. The Bertz CT molecular complexity index is 724. The van der Waals surface area contributed by atoms with Crippen molar-refractivity contribution in [2.24, 2.45) is 0 Å². The summed E-state index contributed by atoms with van der Waals surface area (Å²) in [6, 6.07) is 15.2. The molecule has 132 valence electrons. The average molecular weight is 360 g/mol. The van der Waals surface area contributed by atoms with Crippen molar-refractivity contribution in [2.45, 2.75) is 18.3 Å². The van der Waals surface area contributed by atoms with Gasteiger partial charge in [0.15, 0.2) is 0 Å². The van der Waals surface area contributed by atoms with Crippen LogP contribution >= 0.6 is 11.6 Å². The molecular weight excluding hydrogens is 338 g/mol. The number of hydrogen-bond donors (Lipinski definition) is 1. The average Bonchev–Trinajstić information content (AvgIpc) is 2.67. The van der Waals surface area contributed by atoms with E-state index in [4.69, 9.17) is 21.1 Å². The summed E-state index contributed by atoms with van der Waals surface area (Å²) in [5, 5.41) is 3.53. The van der Waals surface area contributed by atoms with Crippen LogP contribution in [0.1, 0.15) is 28.8 Å². The topological polar surface area (TPSA) is 47.6 Å². The zero-order chi connectivity index (χ0) is 17.7. The molecule has 0 bridgehead atoms. The van der Waals surface area contributed by atoms with Crippen LogP contribution in [-0.4, -0.2) is 32.8 Å². The zero-order valence-corrected chi connectivity index (χ0v) is 15.0. The molecule has 0 aromatic heterocycles. The second-order valence-electron chi connectivity index (χ2n) is 6.28. The van der Waals surface area contributed by atoms with Crippen LogP contribution in [-0.2, 0) is 10.2 Å². The number of carbonyl (C=O) groups excluding carboxylic acids is 1. The second-order valence-corrected chi connectivity index (χ2v) is 6.69. The van der Waals surface area contributed by atoms with E-state index in [9.17, 15) is 4.79 Å². The summed E-state index contributed by atoms with van der Waals surface area (Å²) in [4.78, 5) is 12.5. The van der Waals surface area contributed by atoms with Crippen LogP contribution in [0.4, 0.5) is 0 Å². The summed E-state index contributed by atoms with van der Waals surface area (Å²) < 4.78 is 10.8. The molecule has 1 amide bonds. The number of halogens is 1. The highest BCUT2D eigenvalue weighted by atomic mass is 35.5. The monoisotopic (exact) mass is 359 g/mol. The molecule has 25 heavy (non-hydrogen) atoms. The van der Waals surface area contributed by atoms with Crippen molar-refractivity contribution in [1.29, 1.82) is 0 Å².